The zero-order valence-electron chi connectivity index (χ0n) is 14.8. The fourth-order valence-corrected chi connectivity index (χ4v) is 2.28. The van der Waals surface area contributed by atoms with Crippen LogP contribution in [0.25, 0.3) is 17.2 Å². The van der Waals surface area contributed by atoms with Crippen LogP contribution in [-0.4, -0.2) is 40.0 Å². The van der Waals surface area contributed by atoms with Gasteiger partial charge in [0.1, 0.15) is 0 Å². The summed E-state index contributed by atoms with van der Waals surface area (Å²) in [5.41, 5.74) is 0.692. The molecule has 0 saturated heterocycles. The first kappa shape index (κ1) is 19.5. The number of nitrogens with zero attached hydrogens (tertiary/aromatic N) is 4. The van der Waals surface area contributed by atoms with Gasteiger partial charge in [0.2, 0.25) is 0 Å². The molecule has 3 N–H and O–H groups in total. The Kier molecular flexibility index (Phi) is 5.49. The smallest absolute Gasteiger partial charge is 0.332 e. The molecule has 0 amide bonds. The number of hydrogen-bond acceptors (Lipinski definition) is 6. The number of aliphatic carboxylic acids is 1. The Bertz CT molecular complexity index is 1150. The molecule has 0 bridgehead atoms. The van der Waals surface area contributed by atoms with Gasteiger partial charge in [-0.3, -0.25) is 13.9 Å². The molecular formula is C17H18N4O6. The molecule has 0 spiro atoms. The van der Waals surface area contributed by atoms with Crippen molar-refractivity contribution in [3.8, 4) is 11.5 Å². The van der Waals surface area contributed by atoms with E-state index < -0.39 is 5.97 Å². The molecular weight excluding hydrogens is 356 g/mol. The van der Waals surface area contributed by atoms with Crippen LogP contribution in [-0.2, 0) is 25.9 Å². The number of phenolic OH excluding ortho intramolecular Hbond substituents is 2. The summed E-state index contributed by atoms with van der Waals surface area (Å²) in [7, 11) is 4.77. The number of rotatable bonds is 2. The average Bonchev–Trinajstić information content (AvgIpc) is 3.01. The van der Waals surface area contributed by atoms with Crippen molar-refractivity contribution in [3.05, 3.63) is 57.0 Å². The number of phenols is 2. The predicted molar refractivity (Wildman–Crippen MR) is 97.6 cm³/mol. The number of imidazole rings is 1. The molecule has 0 aliphatic carbocycles. The summed E-state index contributed by atoms with van der Waals surface area (Å²) in [5, 5.41) is 26.3. The third-order valence-corrected chi connectivity index (χ3v) is 3.73. The second-order valence-corrected chi connectivity index (χ2v) is 5.65. The van der Waals surface area contributed by atoms with Crippen molar-refractivity contribution in [3.63, 3.8) is 0 Å². The van der Waals surface area contributed by atoms with Crippen LogP contribution in [0.5, 0.6) is 11.5 Å². The molecule has 0 aliphatic rings. The van der Waals surface area contributed by atoms with E-state index in [2.05, 4.69) is 4.98 Å². The number of benzene rings is 1. The van der Waals surface area contributed by atoms with Gasteiger partial charge >= 0.3 is 11.7 Å². The molecule has 3 aromatic rings. The van der Waals surface area contributed by atoms with Crippen LogP contribution in [0.1, 0.15) is 5.56 Å². The largest absolute Gasteiger partial charge is 0.504 e. The van der Waals surface area contributed by atoms with E-state index in [1.807, 2.05) is 0 Å². The number of carboxylic acids is 1. The van der Waals surface area contributed by atoms with Gasteiger partial charge in [-0.15, -0.1) is 0 Å². The molecule has 10 nitrogen and oxygen atoms in total. The monoisotopic (exact) mass is 374 g/mol. The molecule has 10 heteroatoms. The van der Waals surface area contributed by atoms with Gasteiger partial charge in [0, 0.05) is 27.2 Å². The molecule has 3 rings (SSSR count). The maximum Gasteiger partial charge on any atom is 0.332 e. The summed E-state index contributed by atoms with van der Waals surface area (Å²) in [4.78, 5) is 37.3. The topological polar surface area (TPSA) is 140 Å². The van der Waals surface area contributed by atoms with E-state index in [0.717, 1.165) is 10.6 Å². The Morgan fingerprint density at radius 2 is 1.74 bits per heavy atom. The predicted octanol–water partition coefficient (Wildman–Crippen LogP) is 0.166. The standard InChI is InChI=1S/C9H8O4.C8H10N4O2/c10-7-3-1-6(5-8(7)11)2-4-9(12)13;1-10-4-9-6-5(10)7(13)12(3)8(14)11(6)2/h1-5,10-11H,(H,12,13);4H,1-3H3. The summed E-state index contributed by atoms with van der Waals surface area (Å²) in [6, 6.07) is 4.06. The van der Waals surface area contributed by atoms with E-state index >= 15 is 0 Å². The van der Waals surface area contributed by atoms with Gasteiger partial charge < -0.3 is 19.9 Å². The molecule has 2 aromatic heterocycles. The highest BCUT2D eigenvalue weighted by Gasteiger charge is 2.11. The Balaban J connectivity index is 0.000000194. The lowest BCUT2D eigenvalue weighted by Gasteiger charge is -2.02. The van der Waals surface area contributed by atoms with Crippen LogP contribution in [0.3, 0.4) is 0 Å². The average molecular weight is 374 g/mol. The number of aromatic nitrogens is 4. The lowest BCUT2D eigenvalue weighted by Crippen LogP contribution is -2.37. The fraction of sp³-hybridized carbons (Fsp3) is 0.176. The van der Waals surface area contributed by atoms with Crippen molar-refractivity contribution in [2.24, 2.45) is 21.1 Å². The summed E-state index contributed by atoms with van der Waals surface area (Å²) >= 11 is 0. The Morgan fingerprint density at radius 1 is 1.07 bits per heavy atom. The van der Waals surface area contributed by atoms with Crippen molar-refractivity contribution in [1.29, 1.82) is 0 Å². The van der Waals surface area contributed by atoms with E-state index in [9.17, 15) is 14.4 Å². The molecule has 0 unspecified atom stereocenters. The van der Waals surface area contributed by atoms with Crippen LogP contribution < -0.4 is 11.2 Å². The summed E-state index contributed by atoms with van der Waals surface area (Å²) in [6.45, 7) is 0. The molecule has 142 valence electrons. The van der Waals surface area contributed by atoms with Crippen molar-refractivity contribution in [1.82, 2.24) is 18.7 Å². The molecule has 0 fully saturated rings. The highest BCUT2D eigenvalue weighted by Crippen LogP contribution is 2.25. The Morgan fingerprint density at radius 3 is 2.33 bits per heavy atom. The SMILES string of the molecule is Cn1c(=O)c2c(ncn2C)n(C)c1=O.O=C(O)C=Cc1ccc(O)c(O)c1. The van der Waals surface area contributed by atoms with E-state index in [0.29, 0.717) is 16.7 Å². The molecule has 0 saturated carbocycles. The van der Waals surface area contributed by atoms with Crippen molar-refractivity contribution < 1.29 is 20.1 Å². The van der Waals surface area contributed by atoms with E-state index in [1.165, 1.54) is 42.2 Å². The minimum absolute atomic E-state index is 0.229. The van der Waals surface area contributed by atoms with Crippen molar-refractivity contribution in [2.45, 2.75) is 0 Å². The van der Waals surface area contributed by atoms with Gasteiger partial charge in [-0.25, -0.2) is 14.6 Å². The molecule has 27 heavy (non-hydrogen) atoms. The van der Waals surface area contributed by atoms with Crippen LogP contribution in [0.15, 0.2) is 40.2 Å². The zero-order chi connectivity index (χ0) is 20.3. The van der Waals surface area contributed by atoms with Crippen LogP contribution in [0.4, 0.5) is 0 Å². The summed E-state index contributed by atoms with van der Waals surface area (Å²) in [6.07, 6.45) is 3.79. The number of aryl methyl sites for hydroxylation is 2. The minimum Gasteiger partial charge on any atom is -0.504 e. The van der Waals surface area contributed by atoms with Gasteiger partial charge in [0.25, 0.3) is 5.56 Å². The third-order valence-electron chi connectivity index (χ3n) is 3.73. The second-order valence-electron chi connectivity index (χ2n) is 5.65. The van der Waals surface area contributed by atoms with Crippen LogP contribution >= 0.6 is 0 Å². The Labute approximate surface area is 152 Å². The molecule has 0 radical (unpaired) electrons. The van der Waals surface area contributed by atoms with Gasteiger partial charge in [-0.1, -0.05) is 6.07 Å². The fourth-order valence-electron chi connectivity index (χ4n) is 2.28. The van der Waals surface area contributed by atoms with Crippen LogP contribution in [0, 0.1) is 0 Å². The number of carbonyl (C=O) groups is 1. The zero-order valence-corrected chi connectivity index (χ0v) is 14.8. The van der Waals surface area contributed by atoms with Crippen molar-refractivity contribution in [2.75, 3.05) is 0 Å². The number of hydrogen-bond donors (Lipinski definition) is 3. The van der Waals surface area contributed by atoms with Gasteiger partial charge in [-0.05, 0) is 23.8 Å². The normalized spacial score (nSPS) is 10.8. The van der Waals surface area contributed by atoms with E-state index in [1.54, 1.807) is 18.7 Å². The third kappa shape index (κ3) is 4.06. The number of aromatic hydroxyl groups is 2. The van der Waals surface area contributed by atoms with Crippen LogP contribution in [0.2, 0.25) is 0 Å². The van der Waals surface area contributed by atoms with E-state index in [-0.39, 0.29) is 22.7 Å². The summed E-state index contributed by atoms with van der Waals surface area (Å²) in [5.74, 6) is -1.56. The van der Waals surface area contributed by atoms with Gasteiger partial charge in [0.15, 0.2) is 22.7 Å². The first-order valence-electron chi connectivity index (χ1n) is 7.63. The quantitative estimate of drug-likeness (QED) is 0.429. The Hall–Kier alpha value is -3.82. The van der Waals surface area contributed by atoms with E-state index in [4.69, 9.17) is 15.3 Å². The number of carboxylic acid groups (broad SMARTS) is 1. The summed E-state index contributed by atoms with van der Waals surface area (Å²) < 4.78 is 4.04. The highest BCUT2D eigenvalue weighted by molar-refractivity contribution is 5.85. The number of fused-ring (bicyclic) bond motifs is 1. The molecule has 1 aromatic carbocycles. The lowest BCUT2D eigenvalue weighted by molar-refractivity contribution is -0.131. The van der Waals surface area contributed by atoms with Gasteiger partial charge in [0.05, 0.1) is 6.33 Å². The maximum atomic E-state index is 11.7. The molecule has 0 atom stereocenters. The highest BCUT2D eigenvalue weighted by atomic mass is 16.4. The molecule has 2 heterocycles. The second kappa shape index (κ2) is 7.60. The van der Waals surface area contributed by atoms with Crippen molar-refractivity contribution >= 4 is 23.2 Å². The molecule has 0 aliphatic heterocycles. The lowest BCUT2D eigenvalue weighted by atomic mass is 10.2. The first-order valence-corrected chi connectivity index (χ1v) is 7.63. The van der Waals surface area contributed by atoms with Gasteiger partial charge in [-0.2, -0.15) is 0 Å². The minimum atomic E-state index is -1.06. The maximum absolute atomic E-state index is 11.7. The first-order chi connectivity index (χ1) is 12.6.